The van der Waals surface area contributed by atoms with Gasteiger partial charge in [0.1, 0.15) is 17.0 Å². The minimum absolute atomic E-state index is 0.161. The Bertz CT molecular complexity index is 786. The van der Waals surface area contributed by atoms with Crippen molar-refractivity contribution in [2.24, 2.45) is 0 Å². The maximum Gasteiger partial charge on any atom is 0.409 e. The molecule has 1 amide bonds. The third-order valence-corrected chi connectivity index (χ3v) is 5.11. The lowest BCUT2D eigenvalue weighted by Crippen LogP contribution is -2.42. The Morgan fingerprint density at radius 2 is 1.96 bits per heavy atom. The van der Waals surface area contributed by atoms with E-state index in [4.69, 9.17) is 9.47 Å². The number of fused-ring (bicyclic) bond motifs is 1. The number of nitrogens with one attached hydrogen (secondary N) is 1. The zero-order chi connectivity index (χ0) is 18.5. The topological polar surface area (TPSA) is 93.6 Å². The predicted molar refractivity (Wildman–Crippen MR) is 98.6 cm³/mol. The van der Waals surface area contributed by atoms with Gasteiger partial charge in [-0.2, -0.15) is 0 Å². The van der Waals surface area contributed by atoms with E-state index in [-0.39, 0.29) is 18.1 Å². The van der Waals surface area contributed by atoms with Crippen LogP contribution in [0, 0.1) is 0 Å². The second-order valence-electron chi connectivity index (χ2n) is 5.88. The lowest BCUT2D eigenvalue weighted by Gasteiger charge is -2.32. The number of hydrogen-bond acceptors (Lipinski definition) is 8. The molecular formula is C17H22N4O4S. The number of piperidine rings is 1. The van der Waals surface area contributed by atoms with Gasteiger partial charge in [0.05, 0.1) is 24.2 Å². The maximum atomic E-state index is 12.2. The van der Waals surface area contributed by atoms with E-state index < -0.39 is 0 Å². The normalized spacial score (nSPS) is 15.1. The smallest absolute Gasteiger partial charge is 0.409 e. The number of likely N-dealkylation sites (tertiary alicyclic amines) is 1. The second kappa shape index (κ2) is 8.31. The summed E-state index contributed by atoms with van der Waals surface area (Å²) in [6.07, 6.45) is 2.79. The second-order valence-corrected chi connectivity index (χ2v) is 6.73. The van der Waals surface area contributed by atoms with Gasteiger partial charge in [0.2, 0.25) is 0 Å². The molecule has 0 aromatic carbocycles. The molecule has 0 aliphatic carbocycles. The third kappa shape index (κ3) is 3.87. The molecule has 1 aliphatic heterocycles. The lowest BCUT2D eigenvalue weighted by atomic mass is 10.1. The Kier molecular flexibility index (Phi) is 5.87. The highest BCUT2D eigenvalue weighted by Gasteiger charge is 2.25. The van der Waals surface area contributed by atoms with E-state index in [2.05, 4.69) is 15.3 Å². The van der Waals surface area contributed by atoms with Gasteiger partial charge in [-0.1, -0.05) is 0 Å². The van der Waals surface area contributed by atoms with Gasteiger partial charge in [0, 0.05) is 24.5 Å². The molecule has 1 N–H and O–H groups in total. The molecular weight excluding hydrogens is 356 g/mol. The standard InChI is InChI=1S/C17H22N4O4S/c1-3-24-16(22)12-9-26-15-13(12)14(18-10-19-15)20-11-5-7-21(8-6-11)17(23)25-4-2/h9-11H,3-8H2,1-2H3,(H,18,19,20). The minimum Gasteiger partial charge on any atom is -0.462 e. The molecule has 2 aromatic heterocycles. The summed E-state index contributed by atoms with van der Waals surface area (Å²) in [5.41, 5.74) is 0.485. The summed E-state index contributed by atoms with van der Waals surface area (Å²) < 4.78 is 10.2. The lowest BCUT2D eigenvalue weighted by molar-refractivity contribution is 0.0529. The molecule has 1 saturated heterocycles. The fraction of sp³-hybridized carbons (Fsp3) is 0.529. The number of aromatic nitrogens is 2. The first-order valence-corrected chi connectivity index (χ1v) is 9.59. The van der Waals surface area contributed by atoms with E-state index in [0.717, 1.165) is 17.7 Å². The maximum absolute atomic E-state index is 12.2. The summed E-state index contributed by atoms with van der Waals surface area (Å²) in [5.74, 6) is 0.266. The number of thiophene rings is 1. The molecule has 3 rings (SSSR count). The Balaban J connectivity index is 1.73. The Labute approximate surface area is 155 Å². The first kappa shape index (κ1) is 18.4. The Hall–Kier alpha value is -2.42. The van der Waals surface area contributed by atoms with Crippen LogP contribution in [0.25, 0.3) is 10.2 Å². The van der Waals surface area contributed by atoms with Crippen molar-refractivity contribution in [1.82, 2.24) is 14.9 Å². The van der Waals surface area contributed by atoms with Crippen molar-refractivity contribution >= 4 is 39.4 Å². The summed E-state index contributed by atoms with van der Waals surface area (Å²) in [5, 5.41) is 5.86. The minimum atomic E-state index is -0.367. The molecule has 9 heteroatoms. The van der Waals surface area contributed by atoms with Crippen LogP contribution < -0.4 is 5.32 Å². The highest BCUT2D eigenvalue weighted by molar-refractivity contribution is 7.17. The predicted octanol–water partition coefficient (Wildman–Crippen LogP) is 2.90. The van der Waals surface area contributed by atoms with Crippen LogP contribution in [-0.4, -0.2) is 59.3 Å². The van der Waals surface area contributed by atoms with Crippen LogP contribution in [0.1, 0.15) is 37.0 Å². The summed E-state index contributed by atoms with van der Waals surface area (Å²) in [7, 11) is 0. The van der Waals surface area contributed by atoms with E-state index in [1.807, 2.05) is 0 Å². The molecule has 1 fully saturated rings. The van der Waals surface area contributed by atoms with E-state index in [1.165, 1.54) is 17.7 Å². The summed E-state index contributed by atoms with van der Waals surface area (Å²) >= 11 is 1.39. The van der Waals surface area contributed by atoms with Gasteiger partial charge in [0.25, 0.3) is 0 Å². The van der Waals surface area contributed by atoms with Crippen LogP contribution in [0.5, 0.6) is 0 Å². The van der Waals surface area contributed by atoms with Gasteiger partial charge in [-0.05, 0) is 26.7 Å². The fourth-order valence-corrected chi connectivity index (χ4v) is 3.83. The van der Waals surface area contributed by atoms with Gasteiger partial charge < -0.3 is 19.7 Å². The molecule has 1 aliphatic rings. The number of nitrogens with zero attached hydrogens (tertiary/aromatic N) is 3. The van der Waals surface area contributed by atoms with Crippen molar-refractivity contribution in [2.45, 2.75) is 32.7 Å². The van der Waals surface area contributed by atoms with Crippen molar-refractivity contribution in [2.75, 3.05) is 31.6 Å². The number of carbonyl (C=O) groups excluding carboxylic acids is 2. The number of ether oxygens (including phenoxy) is 2. The monoisotopic (exact) mass is 378 g/mol. The molecule has 3 heterocycles. The average Bonchev–Trinajstić information content (AvgIpc) is 3.08. The van der Waals surface area contributed by atoms with Crippen LogP contribution in [0.2, 0.25) is 0 Å². The van der Waals surface area contributed by atoms with Gasteiger partial charge in [-0.25, -0.2) is 19.6 Å². The van der Waals surface area contributed by atoms with Gasteiger partial charge >= 0.3 is 12.1 Å². The van der Waals surface area contributed by atoms with E-state index in [1.54, 1.807) is 24.1 Å². The summed E-state index contributed by atoms with van der Waals surface area (Å²) in [6, 6.07) is 0.161. The van der Waals surface area contributed by atoms with Crippen LogP contribution in [0.3, 0.4) is 0 Å². The van der Waals surface area contributed by atoms with Gasteiger partial charge in [-0.3, -0.25) is 0 Å². The van der Waals surface area contributed by atoms with E-state index >= 15 is 0 Å². The summed E-state index contributed by atoms with van der Waals surface area (Å²) in [4.78, 5) is 35.0. The first-order valence-electron chi connectivity index (χ1n) is 8.71. The van der Waals surface area contributed by atoms with Crippen LogP contribution in [0.15, 0.2) is 11.7 Å². The summed E-state index contributed by atoms with van der Waals surface area (Å²) in [6.45, 7) is 5.52. The molecule has 140 valence electrons. The SMILES string of the molecule is CCOC(=O)c1csc2ncnc(NC3CCN(C(=O)OCC)CC3)c12. The molecule has 0 radical (unpaired) electrons. The number of hydrogen-bond donors (Lipinski definition) is 1. The molecule has 0 spiro atoms. The van der Waals surface area contributed by atoms with Crippen LogP contribution >= 0.6 is 11.3 Å². The quantitative estimate of drug-likeness (QED) is 0.800. The number of amides is 1. The molecule has 8 nitrogen and oxygen atoms in total. The Morgan fingerprint density at radius 1 is 1.23 bits per heavy atom. The Morgan fingerprint density at radius 3 is 2.65 bits per heavy atom. The zero-order valence-electron chi connectivity index (χ0n) is 14.9. The first-order chi connectivity index (χ1) is 12.6. The van der Waals surface area contributed by atoms with Gasteiger partial charge in [0.15, 0.2) is 0 Å². The van der Waals surface area contributed by atoms with Crippen LogP contribution in [0.4, 0.5) is 10.6 Å². The largest absolute Gasteiger partial charge is 0.462 e. The van der Waals surface area contributed by atoms with Crippen molar-refractivity contribution in [3.05, 3.63) is 17.3 Å². The van der Waals surface area contributed by atoms with Crippen molar-refractivity contribution < 1.29 is 19.1 Å². The van der Waals surface area contributed by atoms with Crippen molar-refractivity contribution in [3.63, 3.8) is 0 Å². The molecule has 0 saturated carbocycles. The van der Waals surface area contributed by atoms with Crippen molar-refractivity contribution in [1.29, 1.82) is 0 Å². The molecule has 0 unspecified atom stereocenters. The van der Waals surface area contributed by atoms with E-state index in [0.29, 0.717) is 43.1 Å². The number of esters is 1. The third-order valence-electron chi connectivity index (χ3n) is 4.23. The van der Waals surface area contributed by atoms with Crippen molar-refractivity contribution in [3.8, 4) is 0 Å². The highest BCUT2D eigenvalue weighted by atomic mass is 32.1. The molecule has 0 bridgehead atoms. The number of carbonyl (C=O) groups is 2. The number of rotatable bonds is 5. The molecule has 2 aromatic rings. The number of anilines is 1. The fourth-order valence-electron chi connectivity index (χ4n) is 2.96. The molecule has 0 atom stereocenters. The van der Waals surface area contributed by atoms with Gasteiger partial charge in [-0.15, -0.1) is 11.3 Å². The molecule has 26 heavy (non-hydrogen) atoms. The zero-order valence-corrected chi connectivity index (χ0v) is 15.7. The average molecular weight is 378 g/mol. The van der Waals surface area contributed by atoms with Crippen LogP contribution in [-0.2, 0) is 9.47 Å². The highest BCUT2D eigenvalue weighted by Crippen LogP contribution is 2.31. The van der Waals surface area contributed by atoms with E-state index in [9.17, 15) is 9.59 Å².